The maximum atomic E-state index is 12.8. The van der Waals surface area contributed by atoms with E-state index in [0.29, 0.717) is 28.3 Å². The number of hydrogen-bond donors (Lipinski definition) is 1. The number of halogens is 3. The van der Waals surface area contributed by atoms with Gasteiger partial charge in [0.2, 0.25) is 0 Å². The summed E-state index contributed by atoms with van der Waals surface area (Å²) < 4.78 is 40.0. The van der Waals surface area contributed by atoms with Gasteiger partial charge in [0.15, 0.2) is 5.82 Å². The summed E-state index contributed by atoms with van der Waals surface area (Å²) in [7, 11) is 0. The Bertz CT molecular complexity index is 1020. The smallest absolute Gasteiger partial charge is 0.331 e. The van der Waals surface area contributed by atoms with Crippen LogP contribution in [-0.4, -0.2) is 20.4 Å². The van der Waals surface area contributed by atoms with Crippen molar-refractivity contribution in [3.8, 4) is 0 Å². The van der Waals surface area contributed by atoms with Gasteiger partial charge in [0.25, 0.3) is 5.91 Å². The minimum Gasteiger partial charge on any atom is -0.331 e. The minimum absolute atomic E-state index is 0.196. The Balaban J connectivity index is 1.71. The van der Waals surface area contributed by atoms with E-state index in [2.05, 4.69) is 21.9 Å². The fourth-order valence-corrected chi connectivity index (χ4v) is 2.69. The van der Waals surface area contributed by atoms with Crippen LogP contribution in [0.25, 0.3) is 6.08 Å². The summed E-state index contributed by atoms with van der Waals surface area (Å²) in [4.78, 5) is 20.7. The van der Waals surface area contributed by atoms with Gasteiger partial charge in [-0.3, -0.25) is 9.78 Å². The number of alkyl halides is 3. The van der Waals surface area contributed by atoms with Crippen LogP contribution in [0.4, 0.5) is 19.0 Å². The topological polar surface area (TPSA) is 59.8 Å². The van der Waals surface area contributed by atoms with Crippen molar-refractivity contribution in [3.63, 3.8) is 0 Å². The van der Waals surface area contributed by atoms with E-state index < -0.39 is 11.7 Å². The number of aromatic nitrogens is 3. The molecule has 3 rings (SSSR count). The van der Waals surface area contributed by atoms with Crippen molar-refractivity contribution in [2.24, 2.45) is 0 Å². The van der Waals surface area contributed by atoms with Crippen LogP contribution in [0.2, 0.25) is 0 Å². The van der Waals surface area contributed by atoms with Gasteiger partial charge in [0, 0.05) is 12.7 Å². The third-order valence-electron chi connectivity index (χ3n) is 4.06. The first-order valence-electron chi connectivity index (χ1n) is 8.35. The molecule has 2 heterocycles. The van der Waals surface area contributed by atoms with Crippen molar-refractivity contribution in [1.29, 1.82) is 0 Å². The van der Waals surface area contributed by atoms with Crippen LogP contribution in [0.3, 0.4) is 0 Å². The molecule has 2 aromatic heterocycles. The van der Waals surface area contributed by atoms with E-state index in [9.17, 15) is 18.0 Å². The lowest BCUT2D eigenvalue weighted by atomic mass is 10.1. The molecule has 3 aromatic rings. The molecule has 0 saturated carbocycles. The Morgan fingerprint density at radius 2 is 2.07 bits per heavy atom. The first-order chi connectivity index (χ1) is 13.3. The second-order valence-electron chi connectivity index (χ2n) is 6.16. The lowest BCUT2D eigenvalue weighted by Gasteiger charge is -2.09. The lowest BCUT2D eigenvalue weighted by molar-refractivity contribution is -0.137. The molecule has 0 spiro atoms. The van der Waals surface area contributed by atoms with Gasteiger partial charge in [0.1, 0.15) is 0 Å². The zero-order chi connectivity index (χ0) is 20.3. The first-order valence-corrected chi connectivity index (χ1v) is 8.35. The highest BCUT2D eigenvalue weighted by molar-refractivity contribution is 6.04. The normalized spacial score (nSPS) is 11.3. The quantitative estimate of drug-likeness (QED) is 0.700. The van der Waals surface area contributed by atoms with Gasteiger partial charge in [-0.2, -0.15) is 13.2 Å². The number of rotatable bonds is 5. The van der Waals surface area contributed by atoms with Crippen molar-refractivity contribution in [3.05, 3.63) is 83.6 Å². The molecule has 8 heteroatoms. The van der Waals surface area contributed by atoms with Gasteiger partial charge >= 0.3 is 6.18 Å². The maximum Gasteiger partial charge on any atom is 0.416 e. The summed E-state index contributed by atoms with van der Waals surface area (Å²) in [5.41, 5.74) is 1.39. The molecule has 1 amide bonds. The largest absolute Gasteiger partial charge is 0.416 e. The second kappa shape index (κ2) is 7.67. The fourth-order valence-electron chi connectivity index (χ4n) is 2.69. The van der Waals surface area contributed by atoms with Gasteiger partial charge in [-0.05, 0) is 42.8 Å². The molecule has 144 valence electrons. The Hall–Kier alpha value is -3.42. The van der Waals surface area contributed by atoms with Crippen LogP contribution < -0.4 is 5.32 Å². The number of nitrogens with zero attached hydrogens (tertiary/aromatic N) is 3. The molecular formula is C20H17F3N4O. The molecule has 1 N–H and O–H groups in total. The van der Waals surface area contributed by atoms with E-state index in [0.717, 1.165) is 12.1 Å². The monoisotopic (exact) mass is 386 g/mol. The lowest BCUT2D eigenvalue weighted by Crippen LogP contribution is -2.14. The van der Waals surface area contributed by atoms with Gasteiger partial charge in [-0.1, -0.05) is 18.7 Å². The van der Waals surface area contributed by atoms with Crippen LogP contribution in [0, 0.1) is 6.92 Å². The molecule has 0 unspecified atom stereocenters. The van der Waals surface area contributed by atoms with Crippen molar-refractivity contribution < 1.29 is 18.0 Å². The summed E-state index contributed by atoms with van der Waals surface area (Å²) in [5.74, 6) is -0.0749. The molecule has 0 aliphatic carbocycles. The van der Waals surface area contributed by atoms with Crippen LogP contribution >= 0.6 is 0 Å². The number of carbonyl (C=O) groups is 1. The molecule has 0 bridgehead atoms. The molecular weight excluding hydrogens is 369 g/mol. The number of anilines is 1. The van der Waals surface area contributed by atoms with Crippen molar-refractivity contribution in [1.82, 2.24) is 14.5 Å². The molecule has 0 fully saturated rings. The predicted molar refractivity (Wildman–Crippen MR) is 99.8 cm³/mol. The van der Waals surface area contributed by atoms with Gasteiger partial charge in [-0.15, -0.1) is 0 Å². The van der Waals surface area contributed by atoms with Crippen LogP contribution in [0.1, 0.15) is 32.9 Å². The number of imidazole rings is 1. The summed E-state index contributed by atoms with van der Waals surface area (Å²) in [6, 6.07) is 8.41. The van der Waals surface area contributed by atoms with E-state index in [4.69, 9.17) is 0 Å². The van der Waals surface area contributed by atoms with E-state index >= 15 is 0 Å². The van der Waals surface area contributed by atoms with Crippen LogP contribution in [0.5, 0.6) is 0 Å². The molecule has 5 nitrogen and oxygen atoms in total. The van der Waals surface area contributed by atoms with E-state index in [-0.39, 0.29) is 12.5 Å². The molecule has 0 atom stereocenters. The van der Waals surface area contributed by atoms with Crippen LogP contribution in [0.15, 0.2) is 55.5 Å². The molecule has 0 radical (unpaired) electrons. The Morgan fingerprint density at radius 3 is 2.75 bits per heavy atom. The Labute approximate surface area is 159 Å². The summed E-state index contributed by atoms with van der Waals surface area (Å²) in [5, 5.41) is 2.66. The number of pyridine rings is 1. The number of hydrogen-bond acceptors (Lipinski definition) is 3. The summed E-state index contributed by atoms with van der Waals surface area (Å²) in [6.07, 6.45) is 0.197. The molecule has 0 aliphatic rings. The zero-order valence-corrected chi connectivity index (χ0v) is 15.0. The van der Waals surface area contributed by atoms with Crippen molar-refractivity contribution >= 4 is 17.8 Å². The van der Waals surface area contributed by atoms with E-state index in [1.54, 1.807) is 42.0 Å². The predicted octanol–water partition coefficient (Wildman–Crippen LogP) is 4.55. The molecule has 0 aliphatic heterocycles. The van der Waals surface area contributed by atoms with Gasteiger partial charge < -0.3 is 9.88 Å². The summed E-state index contributed by atoms with van der Waals surface area (Å²) >= 11 is 0. The number of nitrogens with one attached hydrogen (secondary N) is 1. The molecule has 1 aromatic carbocycles. The van der Waals surface area contributed by atoms with Crippen LogP contribution in [-0.2, 0) is 12.7 Å². The average Bonchev–Trinajstić information content (AvgIpc) is 3.07. The van der Waals surface area contributed by atoms with Gasteiger partial charge in [-0.25, -0.2) is 4.98 Å². The number of benzene rings is 1. The maximum absolute atomic E-state index is 12.8. The summed E-state index contributed by atoms with van der Waals surface area (Å²) in [6.45, 7) is 5.54. The molecule has 0 saturated heterocycles. The Morgan fingerprint density at radius 1 is 1.29 bits per heavy atom. The average molecular weight is 386 g/mol. The Kier molecular flexibility index (Phi) is 5.30. The highest BCUT2D eigenvalue weighted by atomic mass is 19.4. The first kappa shape index (κ1) is 19.3. The SMILES string of the molecule is C=Cc1ccc(C(=O)Nc2cn(Cc3cccc(C(F)(F)F)c3)cn2)c(C)n1. The third-order valence-corrected chi connectivity index (χ3v) is 4.06. The number of carbonyl (C=O) groups excluding carboxylic acids is 1. The number of amides is 1. The third kappa shape index (κ3) is 4.46. The second-order valence-corrected chi connectivity index (χ2v) is 6.16. The minimum atomic E-state index is -4.39. The standard InChI is InChI=1S/C20H17F3N4O/c1-3-16-7-8-17(13(2)25-16)19(28)26-18-11-27(12-24-18)10-14-5-4-6-15(9-14)20(21,22)23/h3-9,11-12H,1,10H2,2H3,(H,26,28). The highest BCUT2D eigenvalue weighted by Gasteiger charge is 2.30. The van der Waals surface area contributed by atoms with E-state index in [1.165, 1.54) is 12.4 Å². The van der Waals surface area contributed by atoms with E-state index in [1.807, 2.05) is 0 Å². The fraction of sp³-hybridized carbons (Fsp3) is 0.150. The highest BCUT2D eigenvalue weighted by Crippen LogP contribution is 2.29. The zero-order valence-electron chi connectivity index (χ0n) is 15.0. The number of aryl methyl sites for hydroxylation is 1. The van der Waals surface area contributed by atoms with Crippen molar-refractivity contribution in [2.75, 3.05) is 5.32 Å². The molecule has 28 heavy (non-hydrogen) atoms. The van der Waals surface area contributed by atoms with Gasteiger partial charge in [0.05, 0.1) is 28.8 Å². The van der Waals surface area contributed by atoms with Crippen molar-refractivity contribution in [2.45, 2.75) is 19.6 Å².